The first-order valence-electron chi connectivity index (χ1n) is 22.5. The highest BCUT2D eigenvalue weighted by molar-refractivity contribution is 6.17. The number of para-hydroxylation sites is 2. The normalized spacial score (nSPS) is 16.9. The van der Waals surface area contributed by atoms with Gasteiger partial charge in [0.1, 0.15) is 0 Å². The largest absolute Gasteiger partial charge is 0.309 e. The van der Waals surface area contributed by atoms with Gasteiger partial charge in [-0.05, 0) is 136 Å². The van der Waals surface area contributed by atoms with E-state index in [9.17, 15) is 0 Å². The summed E-state index contributed by atoms with van der Waals surface area (Å²) in [6.07, 6.45) is 16.1. The van der Waals surface area contributed by atoms with Crippen molar-refractivity contribution < 1.29 is 0 Å². The summed E-state index contributed by atoms with van der Waals surface area (Å²) in [5, 5.41) is 5.04. The summed E-state index contributed by atoms with van der Waals surface area (Å²) in [5.41, 5.74) is 20.0. The molecule has 0 aliphatic heterocycles. The third kappa shape index (κ3) is 5.31. The van der Waals surface area contributed by atoms with Gasteiger partial charge in [-0.15, -0.1) is 0 Å². The van der Waals surface area contributed by atoms with Gasteiger partial charge in [-0.1, -0.05) is 164 Å². The van der Waals surface area contributed by atoms with Crippen molar-refractivity contribution in [2.45, 2.75) is 31.1 Å². The van der Waals surface area contributed by atoms with E-state index >= 15 is 0 Å². The van der Waals surface area contributed by atoms with E-state index in [2.05, 4.69) is 228 Å². The lowest BCUT2D eigenvalue weighted by Crippen LogP contribution is -2.29. The van der Waals surface area contributed by atoms with Crippen molar-refractivity contribution in [2.24, 2.45) is 0 Å². The van der Waals surface area contributed by atoms with E-state index in [1.54, 1.807) is 0 Å². The number of hydrogen-bond acceptors (Lipinski definition) is 0. The van der Waals surface area contributed by atoms with Gasteiger partial charge in [0.05, 0.1) is 27.5 Å². The number of rotatable bonds is 6. The fraction of sp³-hybridized carbons (Fsp3) is 0.0820. The monoisotopic (exact) mass is 804 g/mol. The summed E-state index contributed by atoms with van der Waals surface area (Å²) in [7, 11) is 0. The molecule has 0 radical (unpaired) electrons. The van der Waals surface area contributed by atoms with Crippen molar-refractivity contribution in [1.82, 2.24) is 9.13 Å². The third-order valence-electron chi connectivity index (χ3n) is 14.1. The van der Waals surface area contributed by atoms with Gasteiger partial charge in [-0.25, -0.2) is 0 Å². The van der Waals surface area contributed by atoms with Gasteiger partial charge in [0.25, 0.3) is 0 Å². The molecular formula is C61H44N2. The molecular weight excluding hydrogens is 761 g/mol. The first kappa shape index (κ1) is 36.0. The summed E-state index contributed by atoms with van der Waals surface area (Å²) < 4.78 is 4.92. The number of aromatic nitrogens is 2. The molecule has 2 aromatic heterocycles. The van der Waals surface area contributed by atoms with Crippen LogP contribution in [-0.4, -0.2) is 9.13 Å². The average molecular weight is 805 g/mol. The fourth-order valence-corrected chi connectivity index (χ4v) is 11.4. The summed E-state index contributed by atoms with van der Waals surface area (Å²) in [5.74, 6) is 0. The third-order valence-corrected chi connectivity index (χ3v) is 14.1. The van der Waals surface area contributed by atoms with E-state index in [0.29, 0.717) is 0 Å². The van der Waals surface area contributed by atoms with Gasteiger partial charge in [-0.3, -0.25) is 0 Å². The lowest BCUT2D eigenvalue weighted by molar-refractivity contribution is 0.758. The van der Waals surface area contributed by atoms with Gasteiger partial charge in [-0.2, -0.15) is 0 Å². The molecule has 2 heterocycles. The molecule has 3 aliphatic rings. The number of hydrogen-bond donors (Lipinski definition) is 0. The zero-order chi connectivity index (χ0) is 41.5. The van der Waals surface area contributed by atoms with Crippen molar-refractivity contribution in [1.29, 1.82) is 0 Å². The van der Waals surface area contributed by atoms with Crippen molar-refractivity contribution in [3.8, 4) is 22.5 Å². The zero-order valence-corrected chi connectivity index (χ0v) is 35.0. The Labute approximate surface area is 367 Å². The highest BCUT2D eigenvalue weighted by atomic mass is 15.0. The van der Waals surface area contributed by atoms with Gasteiger partial charge in [0.2, 0.25) is 0 Å². The number of benzene rings is 8. The van der Waals surface area contributed by atoms with Gasteiger partial charge in [0, 0.05) is 32.9 Å². The van der Waals surface area contributed by atoms with Crippen molar-refractivity contribution >= 4 is 54.8 Å². The second-order valence-electron chi connectivity index (χ2n) is 17.4. The minimum Gasteiger partial charge on any atom is -0.309 e. The van der Waals surface area contributed by atoms with Gasteiger partial charge < -0.3 is 9.13 Å². The molecule has 2 heteroatoms. The highest BCUT2D eigenvalue weighted by Crippen LogP contribution is 2.57. The maximum Gasteiger partial charge on any atom is 0.0710 e. The molecule has 13 rings (SSSR count). The van der Waals surface area contributed by atoms with Crippen molar-refractivity contribution in [3.05, 3.63) is 252 Å². The van der Waals surface area contributed by atoms with E-state index < -0.39 is 5.41 Å². The maximum atomic E-state index is 2.51. The van der Waals surface area contributed by atoms with E-state index in [1.807, 2.05) is 0 Å². The molecule has 2 nitrogen and oxygen atoms in total. The van der Waals surface area contributed by atoms with Gasteiger partial charge >= 0.3 is 0 Å². The Balaban J connectivity index is 1.03. The van der Waals surface area contributed by atoms with Crippen LogP contribution in [0.4, 0.5) is 0 Å². The van der Waals surface area contributed by atoms with Crippen LogP contribution >= 0.6 is 0 Å². The van der Waals surface area contributed by atoms with E-state index in [0.717, 1.165) is 31.4 Å². The predicted molar refractivity (Wildman–Crippen MR) is 265 cm³/mol. The maximum absolute atomic E-state index is 2.51. The van der Waals surface area contributed by atoms with Crippen LogP contribution in [0.2, 0.25) is 0 Å². The van der Waals surface area contributed by atoms with Crippen molar-refractivity contribution in [3.63, 3.8) is 0 Å². The Bertz CT molecular complexity index is 3590. The Morgan fingerprint density at radius 1 is 0.413 bits per heavy atom. The molecule has 1 atom stereocenters. The molecule has 0 bridgehead atoms. The van der Waals surface area contributed by atoms with Crippen LogP contribution in [0, 0.1) is 0 Å². The Morgan fingerprint density at radius 2 is 1.11 bits per heavy atom. The number of allylic oxidation sites excluding steroid dienone is 8. The first-order chi connectivity index (χ1) is 31.3. The number of fused-ring (bicyclic) bond motifs is 8. The van der Waals surface area contributed by atoms with Crippen LogP contribution in [-0.2, 0) is 5.41 Å². The molecule has 298 valence electrons. The van der Waals surface area contributed by atoms with Crippen LogP contribution in [0.3, 0.4) is 0 Å². The number of nitrogens with zero attached hydrogens (tertiary/aromatic N) is 2. The Hall–Kier alpha value is -7.68. The molecule has 63 heavy (non-hydrogen) atoms. The molecule has 1 unspecified atom stereocenters. The predicted octanol–water partition coefficient (Wildman–Crippen LogP) is 15.7. The standard InChI is InChI=1S/C61H44N2/c1-4-17-41(18-5-1)42-31-35-47(36-32-42)62-56-29-15-12-25-52(56)60-48(26-16-30-58(60)62)43-33-37-51-53-40-45(34-38-57(53)63(59(51)39-43)46-21-8-3-9-22-46)61(44-19-6-2-7-20-44)54-27-13-10-23-49(54)50-24-11-14-28-55(50)61/h2-4,6-10,12-23,25-40H,1,5,11,24H2. The minimum atomic E-state index is -0.423. The zero-order valence-electron chi connectivity index (χ0n) is 35.0. The summed E-state index contributed by atoms with van der Waals surface area (Å²) >= 11 is 0. The van der Waals surface area contributed by atoms with Crippen LogP contribution < -0.4 is 0 Å². The summed E-state index contributed by atoms with van der Waals surface area (Å²) in [6.45, 7) is 0. The first-order valence-corrected chi connectivity index (χ1v) is 22.5. The average Bonchev–Trinajstić information content (AvgIpc) is 3.99. The smallest absolute Gasteiger partial charge is 0.0710 e. The minimum absolute atomic E-state index is 0.423. The van der Waals surface area contributed by atoms with Crippen LogP contribution in [0.25, 0.3) is 77.3 Å². The fourth-order valence-electron chi connectivity index (χ4n) is 11.4. The van der Waals surface area contributed by atoms with E-state index in [-0.39, 0.29) is 0 Å². The molecule has 0 saturated heterocycles. The molecule has 0 fully saturated rings. The summed E-state index contributed by atoms with van der Waals surface area (Å²) in [4.78, 5) is 0. The summed E-state index contributed by atoms with van der Waals surface area (Å²) in [6, 6.07) is 70.6. The van der Waals surface area contributed by atoms with E-state index in [4.69, 9.17) is 0 Å². The highest BCUT2D eigenvalue weighted by Gasteiger charge is 2.47. The lowest BCUT2D eigenvalue weighted by Gasteiger charge is -2.35. The Kier molecular flexibility index (Phi) is 8.11. The molecule has 10 aromatic rings. The van der Waals surface area contributed by atoms with Crippen LogP contribution in [0.1, 0.15) is 53.5 Å². The molecule has 0 spiro atoms. The topological polar surface area (TPSA) is 9.86 Å². The molecule has 0 N–H and O–H groups in total. The van der Waals surface area contributed by atoms with Gasteiger partial charge in [0.15, 0.2) is 0 Å². The van der Waals surface area contributed by atoms with Crippen LogP contribution in [0.15, 0.2) is 224 Å². The lowest BCUT2D eigenvalue weighted by atomic mass is 9.66. The van der Waals surface area contributed by atoms with Crippen LogP contribution in [0.5, 0.6) is 0 Å². The Morgan fingerprint density at radius 3 is 1.97 bits per heavy atom. The molecule has 0 amide bonds. The molecule has 0 saturated carbocycles. The molecule has 8 aromatic carbocycles. The molecule has 3 aliphatic carbocycles. The second-order valence-corrected chi connectivity index (χ2v) is 17.4. The van der Waals surface area contributed by atoms with Crippen molar-refractivity contribution in [2.75, 3.05) is 0 Å². The SMILES string of the molecule is C1=CC(c2ccc(-n3c4ccccc4c4c(-c5ccc6c7cc(C8(c9ccccc9)C9=C(CCC=C9)c9ccccc98)ccc7n(-c7ccccc7)c6c5)cccc43)cc2)=CCC1. The second kappa shape index (κ2) is 14.2. The van der Waals surface area contributed by atoms with E-state index in [1.165, 1.54) is 105 Å². The quantitative estimate of drug-likeness (QED) is 0.158.